The van der Waals surface area contributed by atoms with Crippen molar-refractivity contribution in [1.82, 2.24) is 4.98 Å². The fraction of sp³-hybridized carbons (Fsp3) is 0.543. The Balaban J connectivity index is 1.41. The highest BCUT2D eigenvalue weighted by Crippen LogP contribution is 2.50. The lowest BCUT2D eigenvalue weighted by atomic mass is 9.71. The summed E-state index contributed by atoms with van der Waals surface area (Å²) in [6.07, 6.45) is 8.31. The van der Waals surface area contributed by atoms with Crippen LogP contribution < -0.4 is 4.74 Å². The van der Waals surface area contributed by atoms with Crippen molar-refractivity contribution in [3.05, 3.63) is 70.5 Å². The Morgan fingerprint density at radius 2 is 1.86 bits per heavy atom. The van der Waals surface area contributed by atoms with Gasteiger partial charge in [0.15, 0.2) is 11.5 Å². The Hall–Kier alpha value is -3.20. The Morgan fingerprint density at radius 3 is 2.56 bits per heavy atom. The summed E-state index contributed by atoms with van der Waals surface area (Å²) in [5.41, 5.74) is 4.55. The Bertz CT molecular complexity index is 1350. The number of nitrogens with one attached hydrogen (secondary N) is 1. The van der Waals surface area contributed by atoms with Crippen LogP contribution in [0.2, 0.25) is 0 Å². The molecule has 1 saturated heterocycles. The van der Waals surface area contributed by atoms with Gasteiger partial charge in [0.25, 0.3) is 0 Å². The van der Waals surface area contributed by atoms with Crippen molar-refractivity contribution in [3.8, 4) is 23.0 Å². The lowest BCUT2D eigenvalue weighted by Crippen LogP contribution is -2.44. The third kappa shape index (κ3) is 6.82. The molecule has 6 N–H and O–H groups in total. The second kappa shape index (κ2) is 13.6. The zero-order chi connectivity index (χ0) is 30.7. The maximum absolute atomic E-state index is 11.3. The highest BCUT2D eigenvalue weighted by atomic mass is 16.5. The van der Waals surface area contributed by atoms with E-state index in [9.17, 15) is 25.5 Å². The van der Waals surface area contributed by atoms with Gasteiger partial charge in [0.05, 0.1) is 25.4 Å². The number of aliphatic hydroxyl groups excluding tert-OH is 2. The number of hydrogen-bond donors (Lipinski definition) is 6. The number of aliphatic hydroxyl groups is 2. The topological polar surface area (TPSA) is 135 Å². The van der Waals surface area contributed by atoms with Gasteiger partial charge in [-0.3, -0.25) is 0 Å². The molecule has 2 heterocycles. The minimum absolute atomic E-state index is 0.0167. The van der Waals surface area contributed by atoms with Gasteiger partial charge < -0.3 is 40.0 Å². The van der Waals surface area contributed by atoms with Gasteiger partial charge >= 0.3 is 0 Å². The van der Waals surface area contributed by atoms with Crippen LogP contribution in [0.15, 0.2) is 42.7 Å². The summed E-state index contributed by atoms with van der Waals surface area (Å²) in [6, 6.07) is 9.47. The standard InChI is InChI=1S/C35H47NO7/c1-20(2)13-24(5-4-12-37)26-15-22(7-9-29(26)38)23-6-8-25-30(39)18-33(43-32(25)16-23)27-17-31(40)34(41)35(42-3)28(27)14-21-10-11-36-19-21/h7,9-11,15,17,19-20,23-25,30,32-33,36-41H,4-6,8,12-14,16,18H2,1-3H3/t23-,24+,25-,30-,32-,33-/m0/s1. The molecule has 2 aliphatic rings. The molecule has 0 radical (unpaired) electrons. The van der Waals surface area contributed by atoms with Gasteiger partial charge in [0.1, 0.15) is 5.75 Å². The van der Waals surface area contributed by atoms with E-state index in [4.69, 9.17) is 9.47 Å². The number of benzene rings is 2. The Kier molecular flexibility index (Phi) is 9.89. The van der Waals surface area contributed by atoms with Gasteiger partial charge in [0.2, 0.25) is 5.75 Å². The summed E-state index contributed by atoms with van der Waals surface area (Å²) in [7, 11) is 1.47. The number of aromatic amines is 1. The number of aromatic nitrogens is 1. The van der Waals surface area contributed by atoms with E-state index in [0.717, 1.165) is 48.8 Å². The zero-order valence-electron chi connectivity index (χ0n) is 25.5. The summed E-state index contributed by atoms with van der Waals surface area (Å²) in [4.78, 5) is 3.06. The van der Waals surface area contributed by atoms with E-state index in [1.807, 2.05) is 24.5 Å². The number of H-pyrrole nitrogens is 1. The fourth-order valence-corrected chi connectivity index (χ4v) is 7.43. The predicted octanol–water partition coefficient (Wildman–Crippen LogP) is 6.41. The molecule has 0 unspecified atom stereocenters. The number of phenols is 3. The molecule has 1 saturated carbocycles. The quantitative estimate of drug-likeness (QED) is 0.142. The summed E-state index contributed by atoms with van der Waals surface area (Å²) >= 11 is 0. The molecule has 2 aromatic carbocycles. The Labute approximate surface area is 254 Å². The molecule has 1 aliphatic carbocycles. The van der Waals surface area contributed by atoms with Gasteiger partial charge in [-0.1, -0.05) is 26.0 Å². The number of methoxy groups -OCH3 is 1. The van der Waals surface area contributed by atoms with E-state index in [0.29, 0.717) is 36.5 Å². The third-order valence-corrected chi connectivity index (χ3v) is 9.53. The van der Waals surface area contributed by atoms with E-state index in [2.05, 4.69) is 24.9 Å². The van der Waals surface area contributed by atoms with Crippen LogP contribution in [0.25, 0.3) is 0 Å². The molecule has 2 fully saturated rings. The lowest BCUT2D eigenvalue weighted by molar-refractivity contribution is -0.154. The van der Waals surface area contributed by atoms with E-state index >= 15 is 0 Å². The monoisotopic (exact) mass is 593 g/mol. The maximum Gasteiger partial charge on any atom is 0.200 e. The van der Waals surface area contributed by atoms with Crippen molar-refractivity contribution in [2.24, 2.45) is 11.8 Å². The lowest BCUT2D eigenvalue weighted by Gasteiger charge is -2.45. The first-order valence-corrected chi connectivity index (χ1v) is 15.7. The molecule has 8 heteroatoms. The van der Waals surface area contributed by atoms with Crippen molar-refractivity contribution in [1.29, 1.82) is 0 Å². The molecular formula is C35H47NO7. The van der Waals surface area contributed by atoms with Gasteiger partial charge in [-0.05, 0) is 96.7 Å². The zero-order valence-corrected chi connectivity index (χ0v) is 25.5. The van der Waals surface area contributed by atoms with Crippen LogP contribution in [0, 0.1) is 11.8 Å². The molecule has 3 aromatic rings. The first-order valence-electron chi connectivity index (χ1n) is 15.7. The number of aromatic hydroxyl groups is 3. The van der Waals surface area contributed by atoms with Crippen molar-refractivity contribution in [2.45, 2.75) is 95.4 Å². The molecular weight excluding hydrogens is 546 g/mol. The van der Waals surface area contributed by atoms with E-state index in [1.165, 1.54) is 12.7 Å². The van der Waals surface area contributed by atoms with Crippen molar-refractivity contribution >= 4 is 0 Å². The second-order valence-electron chi connectivity index (χ2n) is 12.9. The summed E-state index contributed by atoms with van der Waals surface area (Å²) in [6.45, 7) is 4.51. The van der Waals surface area contributed by atoms with Crippen LogP contribution in [0.3, 0.4) is 0 Å². The number of fused-ring (bicyclic) bond motifs is 1. The van der Waals surface area contributed by atoms with Gasteiger partial charge in [-0.25, -0.2) is 0 Å². The summed E-state index contributed by atoms with van der Waals surface area (Å²) < 4.78 is 12.3. The van der Waals surface area contributed by atoms with E-state index in [1.54, 1.807) is 12.1 Å². The maximum atomic E-state index is 11.3. The normalized spacial score (nSPS) is 24.6. The van der Waals surface area contributed by atoms with Crippen molar-refractivity contribution in [2.75, 3.05) is 13.7 Å². The van der Waals surface area contributed by atoms with Crippen LogP contribution in [-0.4, -0.2) is 56.4 Å². The highest BCUT2D eigenvalue weighted by molar-refractivity contribution is 5.59. The number of ether oxygens (including phenoxy) is 2. The molecule has 1 aliphatic heterocycles. The Morgan fingerprint density at radius 1 is 1.05 bits per heavy atom. The SMILES string of the molecule is COc1c(O)c(O)cc([C@@H]2C[C@H](O)[C@@H]3CC[C@H](c4ccc(O)c([C@H](CCCO)CC(C)C)c4)C[C@@H]3O2)c1Cc1cc[nH]c1. The predicted molar refractivity (Wildman–Crippen MR) is 165 cm³/mol. The summed E-state index contributed by atoms with van der Waals surface area (Å²) in [5.74, 6) is 0.816. The molecule has 5 rings (SSSR count). The molecule has 6 atom stereocenters. The minimum Gasteiger partial charge on any atom is -0.508 e. The molecule has 0 amide bonds. The number of phenolic OH excluding ortho intramolecular Hbond substituents is 3. The highest BCUT2D eigenvalue weighted by Gasteiger charge is 2.43. The van der Waals surface area contributed by atoms with Crippen molar-refractivity contribution in [3.63, 3.8) is 0 Å². The third-order valence-electron chi connectivity index (χ3n) is 9.53. The van der Waals surface area contributed by atoms with Crippen LogP contribution in [-0.2, 0) is 11.2 Å². The van der Waals surface area contributed by atoms with Gasteiger partial charge in [-0.2, -0.15) is 0 Å². The van der Waals surface area contributed by atoms with Crippen LogP contribution in [0.1, 0.15) is 105 Å². The van der Waals surface area contributed by atoms with Gasteiger partial charge in [-0.15, -0.1) is 0 Å². The summed E-state index contributed by atoms with van der Waals surface area (Å²) in [5, 5.41) is 52.8. The van der Waals surface area contributed by atoms with E-state index in [-0.39, 0.29) is 47.7 Å². The first kappa shape index (κ1) is 31.2. The van der Waals surface area contributed by atoms with Crippen LogP contribution in [0.5, 0.6) is 23.0 Å². The first-order chi connectivity index (χ1) is 20.7. The molecule has 8 nitrogen and oxygen atoms in total. The average molecular weight is 594 g/mol. The molecule has 43 heavy (non-hydrogen) atoms. The number of hydrogen-bond acceptors (Lipinski definition) is 7. The fourth-order valence-electron chi connectivity index (χ4n) is 7.43. The average Bonchev–Trinajstić information content (AvgIpc) is 3.50. The van der Waals surface area contributed by atoms with Gasteiger partial charge in [0, 0.05) is 43.3 Å². The smallest absolute Gasteiger partial charge is 0.200 e. The molecule has 1 aromatic heterocycles. The molecule has 0 bridgehead atoms. The second-order valence-corrected chi connectivity index (χ2v) is 12.9. The van der Waals surface area contributed by atoms with Crippen molar-refractivity contribution < 1.29 is 35.0 Å². The van der Waals surface area contributed by atoms with Crippen LogP contribution in [0.4, 0.5) is 0 Å². The van der Waals surface area contributed by atoms with E-state index < -0.39 is 12.2 Å². The number of rotatable bonds is 11. The minimum atomic E-state index is -0.559. The van der Waals surface area contributed by atoms with Crippen LogP contribution >= 0.6 is 0 Å². The molecule has 0 spiro atoms. The molecule has 234 valence electrons. The largest absolute Gasteiger partial charge is 0.508 e.